The fourth-order valence-corrected chi connectivity index (χ4v) is 4.53. The summed E-state index contributed by atoms with van der Waals surface area (Å²) in [5.41, 5.74) is 3.96. The molecule has 4 rings (SSSR count). The Balaban J connectivity index is 0.000000708. The van der Waals surface area contributed by atoms with Crippen LogP contribution < -0.4 is 28.7 Å². The fourth-order valence-electron chi connectivity index (χ4n) is 4.53. The summed E-state index contributed by atoms with van der Waals surface area (Å²) >= 11 is 0. The van der Waals surface area contributed by atoms with E-state index in [0.717, 1.165) is 61.3 Å². The van der Waals surface area contributed by atoms with E-state index < -0.39 is 15.8 Å². The van der Waals surface area contributed by atoms with Crippen LogP contribution in [-0.2, 0) is 27.2 Å². The van der Waals surface area contributed by atoms with E-state index >= 15 is 0 Å². The molecule has 0 radical (unpaired) electrons. The zero-order chi connectivity index (χ0) is 26.9. The average Bonchev–Trinajstić information content (AvgIpc) is 2.89. The maximum atomic E-state index is 11.2. The van der Waals surface area contributed by atoms with Crippen molar-refractivity contribution in [1.29, 1.82) is 0 Å². The number of aliphatic carboxylic acids is 1. The molecule has 2 aliphatic heterocycles. The summed E-state index contributed by atoms with van der Waals surface area (Å²) < 4.78 is 4.62. The third kappa shape index (κ3) is 9.80. The maximum Gasteiger partial charge on any atom is 1.00 e. The van der Waals surface area contributed by atoms with Crippen LogP contribution in [0.4, 0.5) is 22.7 Å². The van der Waals surface area contributed by atoms with E-state index in [1.165, 1.54) is 25.3 Å². The minimum atomic E-state index is -0.854. The quantitative estimate of drug-likeness (QED) is 0.193. The van der Waals surface area contributed by atoms with E-state index in [1.54, 1.807) is 18.2 Å². The molecule has 0 bridgehead atoms. The first-order chi connectivity index (χ1) is 17.7. The molecule has 0 fully saturated rings. The largest absolute Gasteiger partial charge is 1.00 e. The topological polar surface area (TPSA) is 218 Å². The van der Waals surface area contributed by atoms with E-state index in [9.17, 15) is 29.8 Å². The van der Waals surface area contributed by atoms with Crippen molar-refractivity contribution in [2.24, 2.45) is 0 Å². The van der Waals surface area contributed by atoms with Crippen LogP contribution in [-0.4, -0.2) is 71.1 Å². The molecule has 4 N–H and O–H groups in total. The molecule has 15 heteroatoms. The number of carbonyl (C=O) groups excluding carboxylic acids is 1. The van der Waals surface area contributed by atoms with Crippen LogP contribution in [0.5, 0.6) is 0 Å². The molecule has 2 aliphatic rings. The maximum absolute atomic E-state index is 11.2. The number of hydrogen-bond acceptors (Lipinski definition) is 10. The average molecular weight is 556 g/mol. The van der Waals surface area contributed by atoms with Crippen molar-refractivity contribution < 1.29 is 59.1 Å². The number of rotatable bonds is 8. The molecule has 14 nitrogen and oxygen atoms in total. The van der Waals surface area contributed by atoms with Gasteiger partial charge in [-0.2, -0.15) is 0 Å². The zero-order valence-electron chi connectivity index (χ0n) is 22.6. The van der Waals surface area contributed by atoms with Gasteiger partial charge >= 0.3 is 30.8 Å². The second-order valence-corrected chi connectivity index (χ2v) is 8.79. The van der Waals surface area contributed by atoms with Crippen molar-refractivity contribution in [1.82, 2.24) is 0 Å². The van der Waals surface area contributed by atoms with Gasteiger partial charge in [0.2, 0.25) is 0 Å². The Labute approximate surface area is 243 Å². The smallest absolute Gasteiger partial charge is 0.870 e. The number of ether oxygens (including phenoxy) is 1. The Morgan fingerprint density at radius 1 is 0.875 bits per heavy atom. The first kappa shape index (κ1) is 36.3. The Bertz CT molecular complexity index is 1180. The molecule has 2 aromatic carbocycles. The van der Waals surface area contributed by atoms with E-state index in [2.05, 4.69) is 4.74 Å². The number of nitro benzene ring substituents is 2. The van der Waals surface area contributed by atoms with Crippen LogP contribution in [0, 0.1) is 20.2 Å². The van der Waals surface area contributed by atoms with Crippen LogP contribution in [0.25, 0.3) is 0 Å². The number of anilines is 2. The molecule has 0 amide bonds. The Kier molecular flexibility index (Phi) is 15.5. The number of esters is 1. The second-order valence-electron chi connectivity index (χ2n) is 8.79. The predicted octanol–water partition coefficient (Wildman–Crippen LogP) is -0.265. The summed E-state index contributed by atoms with van der Waals surface area (Å²) in [5, 5.41) is 30.3. The zero-order valence-corrected chi connectivity index (χ0v) is 22.6. The molecular weight excluding hydrogens is 523 g/mol. The molecule has 2 heterocycles. The molecule has 0 saturated carbocycles. The van der Waals surface area contributed by atoms with E-state index in [1.807, 2.05) is 9.80 Å². The van der Waals surface area contributed by atoms with Crippen molar-refractivity contribution in [2.45, 2.75) is 38.5 Å². The molecule has 40 heavy (non-hydrogen) atoms. The number of benzene rings is 2. The minimum absolute atomic E-state index is 0. The molecule has 0 atom stereocenters. The molecule has 2 aromatic rings. The van der Waals surface area contributed by atoms with Gasteiger partial charge in [0.1, 0.15) is 0 Å². The Morgan fingerprint density at radius 2 is 1.30 bits per heavy atom. The second kappa shape index (κ2) is 17.1. The van der Waals surface area contributed by atoms with Crippen molar-refractivity contribution in [2.75, 3.05) is 43.1 Å². The third-order valence-corrected chi connectivity index (χ3v) is 6.40. The van der Waals surface area contributed by atoms with Gasteiger partial charge in [-0.15, -0.1) is 0 Å². The van der Waals surface area contributed by atoms with Crippen LogP contribution in [0.3, 0.4) is 0 Å². The van der Waals surface area contributed by atoms with Crippen molar-refractivity contribution >= 4 is 34.7 Å². The van der Waals surface area contributed by atoms with Gasteiger partial charge in [0.15, 0.2) is 0 Å². The molecule has 0 unspecified atom stereocenters. The summed E-state index contributed by atoms with van der Waals surface area (Å²) in [6, 6.07) is 9.72. The van der Waals surface area contributed by atoms with E-state index in [-0.39, 0.29) is 53.6 Å². The molecule has 0 spiro atoms. The van der Waals surface area contributed by atoms with Gasteiger partial charge in [-0.05, 0) is 36.8 Å². The summed E-state index contributed by atoms with van der Waals surface area (Å²) in [4.78, 5) is 46.5. The van der Waals surface area contributed by atoms with Gasteiger partial charge in [-0.1, -0.05) is 12.1 Å². The van der Waals surface area contributed by atoms with Gasteiger partial charge in [0.25, 0.3) is 11.4 Å². The van der Waals surface area contributed by atoms with Crippen LogP contribution >= 0.6 is 0 Å². The van der Waals surface area contributed by atoms with Gasteiger partial charge in [0, 0.05) is 61.8 Å². The van der Waals surface area contributed by atoms with Crippen LogP contribution in [0.2, 0.25) is 0 Å². The van der Waals surface area contributed by atoms with Crippen molar-refractivity contribution in [3.8, 4) is 0 Å². The first-order valence-electron chi connectivity index (χ1n) is 12.0. The summed E-state index contributed by atoms with van der Waals surface area (Å²) in [7, 11) is 1.36. The normalized spacial score (nSPS) is 12.9. The number of carboxylic acid groups (broad SMARTS) is 1. The minimum Gasteiger partial charge on any atom is -0.870 e. The molecule has 214 valence electrons. The number of hydrogen-bond donors (Lipinski definition) is 1. The van der Waals surface area contributed by atoms with Crippen LogP contribution in [0.15, 0.2) is 36.4 Å². The predicted molar refractivity (Wildman–Crippen MR) is 142 cm³/mol. The molecule has 0 aromatic heterocycles. The van der Waals surface area contributed by atoms with Crippen molar-refractivity contribution in [3.63, 3.8) is 0 Å². The number of nitro groups is 2. The monoisotopic (exact) mass is 556 g/mol. The standard InChI is InChI=1S/C13H16N2O4.C12H14N2O4.Li.2H2O/c1-19-13(16)6-8-14-7-2-3-10-4-5-11(15(17)18)9-12(10)14;15-12(16)5-7-13-6-1-2-9-3-4-10(14(17)18)8-11(9)13;;;/h4-5,9H,2-3,6-8H2,1H3;3-4,8H,1-2,5-7H2,(H,15,16);;2*1H2/q;;+1;;/p-1. The van der Waals surface area contributed by atoms with Gasteiger partial charge in [-0.25, -0.2) is 0 Å². The fraction of sp³-hybridized carbons (Fsp3) is 0.440. The number of fused-ring (bicyclic) bond motifs is 2. The Morgan fingerprint density at radius 3 is 1.68 bits per heavy atom. The van der Waals surface area contributed by atoms with Gasteiger partial charge in [0.05, 0.1) is 29.8 Å². The van der Waals surface area contributed by atoms with Gasteiger partial charge in [-0.3, -0.25) is 29.8 Å². The van der Waals surface area contributed by atoms with E-state index in [4.69, 9.17) is 5.11 Å². The summed E-state index contributed by atoms with van der Waals surface area (Å²) in [6.45, 7) is 2.48. The van der Waals surface area contributed by atoms with Crippen LogP contribution in [0.1, 0.15) is 36.8 Å². The number of carbonyl (C=O) groups is 2. The molecule has 0 aliphatic carbocycles. The number of aryl methyl sites for hydroxylation is 2. The number of methoxy groups -OCH3 is 1. The Hall–Kier alpha value is -3.70. The number of non-ortho nitro benzene ring substituents is 2. The number of carboxylic acids is 1. The molecule has 0 saturated heterocycles. The summed E-state index contributed by atoms with van der Waals surface area (Å²) in [5.74, 6) is -1.12. The summed E-state index contributed by atoms with van der Waals surface area (Å²) in [6.07, 6.45) is 4.08. The molecular formula is C25H33LiN4O10. The number of nitrogens with zero attached hydrogens (tertiary/aromatic N) is 4. The van der Waals surface area contributed by atoms with Crippen molar-refractivity contribution in [3.05, 3.63) is 67.8 Å². The third-order valence-electron chi connectivity index (χ3n) is 6.40. The first-order valence-corrected chi connectivity index (χ1v) is 12.0. The SMILES string of the molecule is COC(=O)CCN1CCCc2ccc([N+](=O)[O-])cc21.O.O=C(O)CCN1CCCc2ccc([N+](=O)[O-])cc21.[Li+].[OH-]. The van der Waals surface area contributed by atoms with E-state index in [0.29, 0.717) is 19.5 Å². The van der Waals surface area contributed by atoms with Gasteiger partial charge < -0.3 is 30.6 Å².